The summed E-state index contributed by atoms with van der Waals surface area (Å²) in [6, 6.07) is 11.7. The van der Waals surface area contributed by atoms with Crippen LogP contribution in [-0.2, 0) is 13.0 Å². The van der Waals surface area contributed by atoms with Gasteiger partial charge in [0.1, 0.15) is 5.75 Å². The fourth-order valence-electron chi connectivity index (χ4n) is 3.38. The molecule has 7 nitrogen and oxygen atoms in total. The number of pyridine rings is 1. The lowest BCUT2D eigenvalue weighted by Gasteiger charge is -2.33. The molecular weight excluding hydrogens is 378 g/mol. The van der Waals surface area contributed by atoms with Gasteiger partial charge in [0.2, 0.25) is 0 Å². The first-order valence-electron chi connectivity index (χ1n) is 10.1. The Hall–Kier alpha value is -3.32. The SMILES string of the molecule is Cc1ccc(Cc2ccc(OC(=O)N3CCN(Cc4cnccn4)CC3)cc2)nc1. The molecule has 3 aromatic rings. The highest BCUT2D eigenvalue weighted by atomic mass is 16.6. The van der Waals surface area contributed by atoms with Gasteiger partial charge in [0.05, 0.1) is 5.69 Å². The normalized spacial score (nSPS) is 14.5. The summed E-state index contributed by atoms with van der Waals surface area (Å²) in [5, 5.41) is 0. The third kappa shape index (κ3) is 5.39. The first-order chi connectivity index (χ1) is 14.7. The van der Waals surface area contributed by atoms with Gasteiger partial charge in [-0.05, 0) is 36.2 Å². The van der Waals surface area contributed by atoms with E-state index < -0.39 is 0 Å². The zero-order valence-electron chi connectivity index (χ0n) is 17.1. The Morgan fingerprint density at radius 1 is 0.933 bits per heavy atom. The van der Waals surface area contributed by atoms with Crippen LogP contribution in [-0.4, -0.2) is 57.0 Å². The monoisotopic (exact) mass is 403 g/mol. The predicted molar refractivity (Wildman–Crippen MR) is 113 cm³/mol. The van der Waals surface area contributed by atoms with Crippen molar-refractivity contribution in [1.29, 1.82) is 0 Å². The van der Waals surface area contributed by atoms with Crippen LogP contribution in [0.15, 0.2) is 61.2 Å². The molecule has 4 rings (SSSR count). The van der Waals surface area contributed by atoms with Gasteiger partial charge in [0.25, 0.3) is 0 Å². The lowest BCUT2D eigenvalue weighted by Crippen LogP contribution is -2.49. The van der Waals surface area contributed by atoms with Crippen LogP contribution in [0.25, 0.3) is 0 Å². The third-order valence-electron chi connectivity index (χ3n) is 5.12. The second-order valence-corrected chi connectivity index (χ2v) is 7.48. The fourth-order valence-corrected chi connectivity index (χ4v) is 3.38. The van der Waals surface area contributed by atoms with Crippen LogP contribution in [0.1, 0.15) is 22.5 Å². The first-order valence-corrected chi connectivity index (χ1v) is 10.1. The van der Waals surface area contributed by atoms with Gasteiger partial charge >= 0.3 is 6.09 Å². The van der Waals surface area contributed by atoms with Crippen LogP contribution in [0.4, 0.5) is 4.79 Å². The molecule has 0 saturated carbocycles. The van der Waals surface area contributed by atoms with Crippen molar-refractivity contribution in [3.63, 3.8) is 0 Å². The molecule has 0 radical (unpaired) electrons. The Bertz CT molecular complexity index is 953. The molecule has 3 heterocycles. The number of aryl methyl sites for hydroxylation is 1. The lowest BCUT2D eigenvalue weighted by molar-refractivity contribution is 0.107. The standard InChI is InChI=1S/C23H25N5O2/c1-18-2-5-20(26-15-18)14-19-3-6-22(7-4-19)30-23(29)28-12-10-27(11-13-28)17-21-16-24-8-9-25-21/h2-9,15-16H,10-14,17H2,1H3. The van der Waals surface area contributed by atoms with E-state index >= 15 is 0 Å². The quantitative estimate of drug-likeness (QED) is 0.652. The molecule has 0 aliphatic carbocycles. The minimum atomic E-state index is -0.304. The Labute approximate surface area is 176 Å². The molecule has 0 bridgehead atoms. The van der Waals surface area contributed by atoms with Gasteiger partial charge in [-0.3, -0.25) is 19.9 Å². The maximum Gasteiger partial charge on any atom is 0.415 e. The summed E-state index contributed by atoms with van der Waals surface area (Å²) in [5.74, 6) is 0.558. The van der Waals surface area contributed by atoms with Crippen LogP contribution in [0.3, 0.4) is 0 Å². The van der Waals surface area contributed by atoms with E-state index in [1.807, 2.05) is 43.5 Å². The molecule has 1 fully saturated rings. The fraction of sp³-hybridized carbons (Fsp3) is 0.304. The number of benzene rings is 1. The van der Waals surface area contributed by atoms with E-state index in [0.717, 1.165) is 48.6 Å². The van der Waals surface area contributed by atoms with Crippen molar-refractivity contribution in [3.8, 4) is 5.75 Å². The van der Waals surface area contributed by atoms with E-state index in [9.17, 15) is 4.79 Å². The topological polar surface area (TPSA) is 71.5 Å². The number of carbonyl (C=O) groups is 1. The van der Waals surface area contributed by atoms with E-state index in [1.165, 1.54) is 0 Å². The molecule has 154 valence electrons. The molecule has 2 aromatic heterocycles. The summed E-state index contributed by atoms with van der Waals surface area (Å²) in [4.78, 5) is 29.3. The highest BCUT2D eigenvalue weighted by Crippen LogP contribution is 2.16. The van der Waals surface area contributed by atoms with Crippen molar-refractivity contribution in [2.75, 3.05) is 26.2 Å². The number of carbonyl (C=O) groups excluding carboxylic acids is 1. The zero-order chi connectivity index (χ0) is 20.8. The molecule has 1 aromatic carbocycles. The molecule has 30 heavy (non-hydrogen) atoms. The number of piperazine rings is 1. The van der Waals surface area contributed by atoms with Crippen molar-refractivity contribution in [3.05, 3.63) is 83.7 Å². The molecule has 0 atom stereocenters. The average molecular weight is 403 g/mol. The molecule has 1 saturated heterocycles. The van der Waals surface area contributed by atoms with Crippen LogP contribution in [0.2, 0.25) is 0 Å². The van der Waals surface area contributed by atoms with Crippen molar-refractivity contribution in [2.24, 2.45) is 0 Å². The number of ether oxygens (including phenoxy) is 1. The van der Waals surface area contributed by atoms with Gasteiger partial charge in [-0.15, -0.1) is 0 Å². The summed E-state index contributed by atoms with van der Waals surface area (Å²) < 4.78 is 5.56. The van der Waals surface area contributed by atoms with E-state index in [2.05, 4.69) is 25.9 Å². The van der Waals surface area contributed by atoms with Crippen LogP contribution in [0.5, 0.6) is 5.75 Å². The first kappa shape index (κ1) is 20.0. The average Bonchev–Trinajstić information content (AvgIpc) is 2.78. The van der Waals surface area contributed by atoms with E-state index in [4.69, 9.17) is 4.74 Å². The summed E-state index contributed by atoms with van der Waals surface area (Å²) in [6.07, 6.45) is 7.47. The second-order valence-electron chi connectivity index (χ2n) is 7.48. The molecule has 0 unspecified atom stereocenters. The molecule has 1 aliphatic heterocycles. The van der Waals surface area contributed by atoms with Gasteiger partial charge in [0, 0.05) is 69.6 Å². The van der Waals surface area contributed by atoms with Gasteiger partial charge in [0.15, 0.2) is 0 Å². The van der Waals surface area contributed by atoms with Gasteiger partial charge in [-0.2, -0.15) is 0 Å². The number of aromatic nitrogens is 3. The maximum atomic E-state index is 12.5. The summed E-state index contributed by atoms with van der Waals surface area (Å²) >= 11 is 0. The van der Waals surface area contributed by atoms with Gasteiger partial charge < -0.3 is 9.64 Å². The Morgan fingerprint density at radius 3 is 2.40 bits per heavy atom. The predicted octanol–water partition coefficient (Wildman–Crippen LogP) is 3.09. The zero-order valence-corrected chi connectivity index (χ0v) is 17.1. The minimum absolute atomic E-state index is 0.304. The maximum absolute atomic E-state index is 12.5. The largest absolute Gasteiger partial charge is 0.415 e. The van der Waals surface area contributed by atoms with Crippen LogP contribution in [0, 0.1) is 6.92 Å². The molecule has 1 aliphatic rings. The smallest absolute Gasteiger partial charge is 0.410 e. The van der Waals surface area contributed by atoms with E-state index in [0.29, 0.717) is 18.8 Å². The van der Waals surface area contributed by atoms with Crippen LogP contribution >= 0.6 is 0 Å². The summed E-state index contributed by atoms with van der Waals surface area (Å²) in [6.45, 7) is 5.61. The molecule has 1 amide bonds. The van der Waals surface area contributed by atoms with Gasteiger partial charge in [-0.25, -0.2) is 4.79 Å². The Balaban J connectivity index is 1.25. The van der Waals surface area contributed by atoms with Crippen molar-refractivity contribution >= 4 is 6.09 Å². The number of hydrogen-bond donors (Lipinski definition) is 0. The molecule has 0 N–H and O–H groups in total. The Morgan fingerprint density at radius 2 is 1.73 bits per heavy atom. The summed E-state index contributed by atoms with van der Waals surface area (Å²) in [7, 11) is 0. The highest BCUT2D eigenvalue weighted by Gasteiger charge is 2.22. The third-order valence-corrected chi connectivity index (χ3v) is 5.12. The van der Waals surface area contributed by atoms with Crippen molar-refractivity contribution < 1.29 is 9.53 Å². The highest BCUT2D eigenvalue weighted by molar-refractivity contribution is 5.70. The number of nitrogens with zero attached hydrogens (tertiary/aromatic N) is 5. The lowest BCUT2D eigenvalue weighted by atomic mass is 10.1. The van der Waals surface area contributed by atoms with E-state index in [1.54, 1.807) is 23.5 Å². The molecule has 7 heteroatoms. The van der Waals surface area contributed by atoms with E-state index in [-0.39, 0.29) is 6.09 Å². The summed E-state index contributed by atoms with van der Waals surface area (Å²) in [5.41, 5.74) is 4.23. The van der Waals surface area contributed by atoms with Gasteiger partial charge in [-0.1, -0.05) is 18.2 Å². The molecular formula is C23H25N5O2. The van der Waals surface area contributed by atoms with Crippen molar-refractivity contribution in [1.82, 2.24) is 24.8 Å². The number of hydrogen-bond acceptors (Lipinski definition) is 6. The Kier molecular flexibility index (Phi) is 6.29. The molecule has 0 spiro atoms. The number of rotatable bonds is 5. The van der Waals surface area contributed by atoms with Crippen molar-refractivity contribution in [2.45, 2.75) is 19.9 Å². The number of amides is 1. The van der Waals surface area contributed by atoms with Crippen LogP contribution < -0.4 is 4.74 Å². The second kappa shape index (κ2) is 9.45. The minimum Gasteiger partial charge on any atom is -0.410 e.